The molecule has 0 fully saturated rings. The molecule has 7 heavy (non-hydrogen) atoms. The van der Waals surface area contributed by atoms with Crippen molar-refractivity contribution >= 4 is 24.8 Å². The monoisotopic (exact) mass is 177 g/mol. The summed E-state index contributed by atoms with van der Waals surface area (Å²) in [6.45, 7) is 6.25. The van der Waals surface area contributed by atoms with Gasteiger partial charge < -0.3 is 5.92 Å². The number of hydrogen-bond acceptors (Lipinski definition) is 0. The quantitative estimate of drug-likeness (QED) is 0.394. The first-order valence-electron chi connectivity index (χ1n) is 1.50. The van der Waals surface area contributed by atoms with Crippen molar-refractivity contribution in [3.05, 3.63) is 5.92 Å². The molecule has 0 atom stereocenters. The van der Waals surface area contributed by atoms with Crippen LogP contribution in [0.5, 0.6) is 0 Å². The molecule has 0 aromatic carbocycles. The summed E-state index contributed by atoms with van der Waals surface area (Å²) >= 11 is 0. The summed E-state index contributed by atoms with van der Waals surface area (Å²) in [6, 6.07) is 0. The summed E-state index contributed by atoms with van der Waals surface area (Å²) in [7, 11) is 0. The van der Waals surface area contributed by atoms with Crippen LogP contribution in [-0.4, -0.2) is 0 Å². The molecule has 0 aliphatic carbocycles. The fourth-order valence-electron chi connectivity index (χ4n) is 0. The van der Waals surface area contributed by atoms with E-state index in [1.54, 1.807) is 0 Å². The van der Waals surface area contributed by atoms with Gasteiger partial charge in [-0.2, -0.15) is 20.8 Å². The third-order valence-corrected chi connectivity index (χ3v) is 0. The molecule has 0 unspecified atom stereocenters. The van der Waals surface area contributed by atoms with E-state index in [4.69, 9.17) is 0 Å². The molecule has 0 aromatic rings. The van der Waals surface area contributed by atoms with Gasteiger partial charge in [0, 0.05) is 21.7 Å². The summed E-state index contributed by atoms with van der Waals surface area (Å²) in [6.07, 6.45) is 0. The smallest absolute Gasteiger partial charge is 0 e. The van der Waals surface area contributed by atoms with E-state index >= 15 is 0 Å². The summed E-state index contributed by atoms with van der Waals surface area (Å²) in [5.74, 6) is 1.42. The first-order valence-corrected chi connectivity index (χ1v) is 1.50. The van der Waals surface area contributed by atoms with Crippen LogP contribution >= 0.6 is 24.8 Å². The van der Waals surface area contributed by atoms with E-state index in [1.165, 1.54) is 5.92 Å². The Balaban J connectivity index is -0.0000000150. The van der Waals surface area contributed by atoms with Gasteiger partial charge in [0.25, 0.3) is 0 Å². The molecule has 0 amide bonds. The van der Waals surface area contributed by atoms with Gasteiger partial charge in [0.2, 0.25) is 0 Å². The van der Waals surface area contributed by atoms with Gasteiger partial charge in [-0.15, -0.1) is 24.8 Å². The molecule has 0 nitrogen and oxygen atoms in total. The number of rotatable bonds is 0. The van der Waals surface area contributed by atoms with Gasteiger partial charge in [0.05, 0.1) is 0 Å². The van der Waals surface area contributed by atoms with Gasteiger partial charge in [-0.05, 0) is 0 Å². The van der Waals surface area contributed by atoms with Crippen LogP contribution in [-0.2, 0) is 21.7 Å². The third-order valence-electron chi connectivity index (χ3n) is 0. The molecule has 3 heteroatoms. The predicted octanol–water partition coefficient (Wildman–Crippen LogP) is 2.46. The first-order chi connectivity index (χ1) is 1.73. The molecular weight excluding hydrogens is 167 g/mol. The summed E-state index contributed by atoms with van der Waals surface area (Å²) in [5.41, 5.74) is 0. The largest absolute Gasteiger partial charge is 0.323 e. The van der Waals surface area contributed by atoms with Crippen molar-refractivity contribution in [2.75, 3.05) is 0 Å². The van der Waals surface area contributed by atoms with E-state index < -0.39 is 0 Å². The van der Waals surface area contributed by atoms with Crippen LogP contribution in [0.4, 0.5) is 0 Å². The Bertz CT molecular complexity index is 14.4. The third kappa shape index (κ3) is 122. The predicted molar refractivity (Wildman–Crippen MR) is 34.8 cm³/mol. The zero-order valence-electron chi connectivity index (χ0n) is 4.82. The molecule has 0 heterocycles. The molecule has 0 radical (unpaired) electrons. The average Bonchev–Trinajstić information content (AvgIpc) is 0.811. The molecule has 0 spiro atoms. The normalized spacial score (nSPS) is 5.14. The molecule has 0 saturated carbocycles. The van der Waals surface area contributed by atoms with E-state index in [2.05, 4.69) is 20.8 Å². The van der Waals surface area contributed by atoms with Gasteiger partial charge >= 0.3 is 0 Å². The fourth-order valence-corrected chi connectivity index (χ4v) is 0. The van der Waals surface area contributed by atoms with Crippen LogP contribution in [0.3, 0.4) is 0 Å². The number of hydrogen-bond donors (Lipinski definition) is 0. The molecule has 46 valence electrons. The van der Waals surface area contributed by atoms with Crippen LogP contribution in [0.2, 0.25) is 0 Å². The van der Waals surface area contributed by atoms with E-state index in [1.807, 2.05) is 0 Å². The van der Waals surface area contributed by atoms with Crippen molar-refractivity contribution in [1.29, 1.82) is 0 Å². The maximum Gasteiger partial charge on any atom is 0 e. The average molecular weight is 178 g/mol. The molecule has 0 N–H and O–H groups in total. The zero-order valence-corrected chi connectivity index (χ0v) is 8.01. The van der Waals surface area contributed by atoms with Crippen LogP contribution in [0.25, 0.3) is 0 Å². The van der Waals surface area contributed by atoms with E-state index in [9.17, 15) is 0 Å². The molecule has 0 aliphatic rings. The standard InChI is InChI=1S/C4H9.2ClH.Ti/c1-4(2)3;;;/h1-3H3;2*1H;/q-1;;;. The van der Waals surface area contributed by atoms with E-state index in [0.29, 0.717) is 0 Å². The Hall–Kier alpha value is 1.29. The van der Waals surface area contributed by atoms with E-state index in [-0.39, 0.29) is 46.5 Å². The minimum Gasteiger partial charge on any atom is -0.323 e. The second kappa shape index (κ2) is 15.7. The minimum atomic E-state index is 0. The van der Waals surface area contributed by atoms with Crippen molar-refractivity contribution in [3.63, 3.8) is 0 Å². The minimum absolute atomic E-state index is 0. The van der Waals surface area contributed by atoms with Gasteiger partial charge in [-0.3, -0.25) is 0 Å². The van der Waals surface area contributed by atoms with Gasteiger partial charge in [0.15, 0.2) is 0 Å². The maximum absolute atomic E-state index is 2.08. The van der Waals surface area contributed by atoms with Crippen LogP contribution < -0.4 is 0 Å². The zero-order chi connectivity index (χ0) is 3.58. The van der Waals surface area contributed by atoms with Crippen molar-refractivity contribution in [2.45, 2.75) is 20.8 Å². The molecule has 0 saturated heterocycles. The van der Waals surface area contributed by atoms with Crippen molar-refractivity contribution in [2.24, 2.45) is 0 Å². The van der Waals surface area contributed by atoms with E-state index in [0.717, 1.165) is 0 Å². The Morgan fingerprint density at radius 2 is 0.857 bits per heavy atom. The fraction of sp³-hybridized carbons (Fsp3) is 0.750. The summed E-state index contributed by atoms with van der Waals surface area (Å²) < 4.78 is 0. The first kappa shape index (κ1) is 23.9. The Morgan fingerprint density at radius 1 is 0.857 bits per heavy atom. The van der Waals surface area contributed by atoms with Crippen LogP contribution in [0, 0.1) is 5.92 Å². The molecular formula is C4H11Cl2Ti-. The van der Waals surface area contributed by atoms with Crippen molar-refractivity contribution < 1.29 is 21.7 Å². The number of halogens is 2. The molecule has 0 bridgehead atoms. The molecule has 0 aliphatic heterocycles. The van der Waals surface area contributed by atoms with Crippen molar-refractivity contribution in [3.8, 4) is 0 Å². The maximum atomic E-state index is 2.08. The Labute approximate surface area is 73.1 Å². The van der Waals surface area contributed by atoms with Crippen LogP contribution in [0.1, 0.15) is 20.8 Å². The van der Waals surface area contributed by atoms with Gasteiger partial charge in [-0.1, -0.05) is 0 Å². The second-order valence-corrected chi connectivity index (χ2v) is 1.50. The van der Waals surface area contributed by atoms with Crippen molar-refractivity contribution in [1.82, 2.24) is 0 Å². The van der Waals surface area contributed by atoms with Gasteiger partial charge in [0.1, 0.15) is 0 Å². The van der Waals surface area contributed by atoms with Gasteiger partial charge in [-0.25, -0.2) is 0 Å². The summed E-state index contributed by atoms with van der Waals surface area (Å²) in [4.78, 5) is 0. The summed E-state index contributed by atoms with van der Waals surface area (Å²) in [5, 5.41) is 0. The van der Waals surface area contributed by atoms with Crippen LogP contribution in [0.15, 0.2) is 0 Å². The SMILES string of the molecule is C[C-](C)C.Cl.Cl.[Ti]. The Kier molecular flexibility index (Phi) is 53.6. The topological polar surface area (TPSA) is 0 Å². The Morgan fingerprint density at radius 3 is 0.857 bits per heavy atom. The molecule has 0 rings (SSSR count). The second-order valence-electron chi connectivity index (χ2n) is 1.50. The molecule has 0 aromatic heterocycles.